The first-order valence-electron chi connectivity index (χ1n) is 10.5. The minimum Gasteiger partial charge on any atom is -0.478 e. The van der Waals surface area contributed by atoms with Crippen molar-refractivity contribution in [1.82, 2.24) is 19.9 Å². The molecule has 0 saturated carbocycles. The molecule has 37 heavy (non-hydrogen) atoms. The molecule has 2 aliphatic rings. The Morgan fingerprint density at radius 1 is 0.622 bits per heavy atom. The maximum absolute atomic E-state index is 11.2. The number of carbonyl (C=O) groups is 1. The quantitative estimate of drug-likeness (QED) is 0.297. The number of rotatable bonds is 2. The number of carboxylic acid groups (broad SMARTS) is 1. The fourth-order valence-corrected chi connectivity index (χ4v) is 4.04. The number of nitrogens with zero attached hydrogens (tertiary/aromatic N) is 2. The number of fused-ring (bicyclic) bond motifs is 8. The van der Waals surface area contributed by atoms with Gasteiger partial charge in [-0.25, -0.2) is 14.8 Å². The van der Waals surface area contributed by atoms with Crippen molar-refractivity contribution in [3.63, 3.8) is 0 Å². The molecule has 1 aromatic carbocycles. The molecule has 0 spiro atoms. The Kier molecular flexibility index (Phi) is 12.4. The first-order valence-corrected chi connectivity index (χ1v) is 10.5. The maximum atomic E-state index is 11.2. The van der Waals surface area contributed by atoms with E-state index in [2.05, 4.69) is 15.0 Å². The predicted molar refractivity (Wildman–Crippen MR) is 153 cm³/mol. The second-order valence-electron chi connectivity index (χ2n) is 7.97. The normalized spacial score (nSPS) is 11.2. The molecule has 4 radical (unpaired) electrons. The van der Waals surface area contributed by atoms with Gasteiger partial charge in [-0.15, -0.1) is 0 Å². The SMILES string of the molecule is O=C(O)c1ccc(C2=Cc3cc4ccc(cc5nc(cc6ccc(cc2n3)[nH]6)C=C5)[nH]4)cc1.[Na].[Na].[Na].[Na]. The fraction of sp³-hybridized carbons (Fsp3) is 0. The minimum absolute atomic E-state index is 0. The molecule has 6 rings (SSSR count). The summed E-state index contributed by atoms with van der Waals surface area (Å²) < 4.78 is 0. The molecular formula is C27H18N4Na4O2. The van der Waals surface area contributed by atoms with Gasteiger partial charge in [0.15, 0.2) is 0 Å². The minimum atomic E-state index is -0.943. The largest absolute Gasteiger partial charge is 0.478 e. The number of aromatic amines is 2. The van der Waals surface area contributed by atoms with E-state index in [1.54, 1.807) is 12.1 Å². The van der Waals surface area contributed by atoms with E-state index in [-0.39, 0.29) is 124 Å². The summed E-state index contributed by atoms with van der Waals surface area (Å²) in [5.41, 5.74) is 9.24. The van der Waals surface area contributed by atoms with Crippen molar-refractivity contribution in [3.8, 4) is 0 Å². The molecule has 0 saturated heterocycles. The Hall–Kier alpha value is -0.710. The van der Waals surface area contributed by atoms with Crippen molar-refractivity contribution in [2.75, 3.05) is 0 Å². The third-order valence-electron chi connectivity index (χ3n) is 5.61. The first-order chi connectivity index (χ1) is 16.1. The van der Waals surface area contributed by atoms with Gasteiger partial charge in [0.1, 0.15) is 0 Å². The van der Waals surface area contributed by atoms with Crippen molar-refractivity contribution in [1.29, 1.82) is 0 Å². The Morgan fingerprint density at radius 2 is 1.11 bits per heavy atom. The molecule has 0 amide bonds. The number of aromatic nitrogens is 4. The van der Waals surface area contributed by atoms with Crippen LogP contribution in [0.2, 0.25) is 0 Å². The number of benzene rings is 1. The number of H-pyrrole nitrogens is 2. The Morgan fingerprint density at radius 3 is 1.62 bits per heavy atom. The molecule has 6 nitrogen and oxygen atoms in total. The van der Waals surface area contributed by atoms with E-state index >= 15 is 0 Å². The molecule has 0 aliphatic carbocycles. The average Bonchev–Trinajstić information content (AvgIpc) is 3.59. The zero-order valence-electron chi connectivity index (χ0n) is 21.4. The van der Waals surface area contributed by atoms with Gasteiger partial charge in [-0.1, -0.05) is 12.1 Å². The molecule has 0 fully saturated rings. The summed E-state index contributed by atoms with van der Waals surface area (Å²) >= 11 is 0. The van der Waals surface area contributed by atoms with Gasteiger partial charge in [0.2, 0.25) is 0 Å². The van der Waals surface area contributed by atoms with Crippen LogP contribution in [-0.2, 0) is 0 Å². The van der Waals surface area contributed by atoms with Crippen LogP contribution in [-0.4, -0.2) is 149 Å². The van der Waals surface area contributed by atoms with E-state index in [9.17, 15) is 9.90 Å². The topological polar surface area (TPSA) is 94.7 Å². The average molecular weight is 522 g/mol. The van der Waals surface area contributed by atoms with Crippen LogP contribution >= 0.6 is 0 Å². The molecule has 3 aromatic heterocycles. The molecule has 2 aliphatic heterocycles. The molecule has 10 heteroatoms. The van der Waals surface area contributed by atoms with Crippen LogP contribution < -0.4 is 0 Å². The molecule has 0 unspecified atom stereocenters. The third kappa shape index (κ3) is 7.48. The first kappa shape index (κ1) is 32.5. The van der Waals surface area contributed by atoms with E-state index in [0.29, 0.717) is 0 Å². The summed E-state index contributed by atoms with van der Waals surface area (Å²) in [6.45, 7) is 0. The second kappa shape index (κ2) is 14.1. The molecule has 4 aromatic rings. The standard InChI is InChI=1S/C27H18N4O2.4Na/c32-27(33)17-3-1-16(2-4-17)25-14-24-13-22-8-7-20(29-22)11-18-5-6-19(28-18)12-21-9-10-23(30-21)15-26(25)31-24;;;;/h1-15,29-30H,(H,32,33);;;;. The van der Waals surface area contributed by atoms with Crippen LogP contribution in [0.3, 0.4) is 0 Å². The maximum Gasteiger partial charge on any atom is 0.335 e. The monoisotopic (exact) mass is 522 g/mol. The van der Waals surface area contributed by atoms with Crippen molar-refractivity contribution in [2.24, 2.45) is 0 Å². The van der Waals surface area contributed by atoms with Gasteiger partial charge < -0.3 is 15.1 Å². The van der Waals surface area contributed by atoms with Gasteiger partial charge in [-0.3, -0.25) is 0 Å². The van der Waals surface area contributed by atoms with Gasteiger partial charge in [-0.2, -0.15) is 0 Å². The summed E-state index contributed by atoms with van der Waals surface area (Å²) in [6.07, 6.45) is 6.01. The van der Waals surface area contributed by atoms with Crippen LogP contribution in [0.15, 0.2) is 72.8 Å². The van der Waals surface area contributed by atoms with Crippen LogP contribution in [0.1, 0.15) is 38.7 Å². The van der Waals surface area contributed by atoms with E-state index in [0.717, 1.165) is 56.0 Å². The second-order valence-corrected chi connectivity index (χ2v) is 7.97. The summed E-state index contributed by atoms with van der Waals surface area (Å²) in [7, 11) is 0. The van der Waals surface area contributed by atoms with Crippen molar-refractivity contribution >= 4 is 170 Å². The van der Waals surface area contributed by atoms with Gasteiger partial charge in [0, 0.05) is 146 Å². The smallest absolute Gasteiger partial charge is 0.335 e. The van der Waals surface area contributed by atoms with Gasteiger partial charge in [-0.05, 0) is 84.5 Å². The molecule has 8 bridgehead atoms. The zero-order valence-corrected chi connectivity index (χ0v) is 29.4. The van der Waals surface area contributed by atoms with Crippen LogP contribution in [0, 0.1) is 0 Å². The van der Waals surface area contributed by atoms with Gasteiger partial charge in [0.05, 0.1) is 28.3 Å². The summed E-state index contributed by atoms with van der Waals surface area (Å²) in [5.74, 6) is -0.943. The number of aromatic carboxylic acids is 1. The number of hydrogen-bond donors (Lipinski definition) is 3. The molecule has 5 heterocycles. The van der Waals surface area contributed by atoms with Crippen molar-refractivity contribution in [3.05, 3.63) is 107 Å². The molecular weight excluding hydrogens is 504 g/mol. The molecule has 3 N–H and O–H groups in total. The third-order valence-corrected chi connectivity index (χ3v) is 5.61. The number of nitrogens with one attached hydrogen (secondary N) is 2. The fourth-order valence-electron chi connectivity index (χ4n) is 4.04. The Balaban J connectivity index is 0.00000120. The Bertz CT molecular complexity index is 1650. The van der Waals surface area contributed by atoms with E-state index in [4.69, 9.17) is 4.98 Å². The summed E-state index contributed by atoms with van der Waals surface area (Å²) in [4.78, 5) is 27.6. The van der Waals surface area contributed by atoms with E-state index in [1.807, 2.05) is 78.9 Å². The van der Waals surface area contributed by atoms with Crippen LogP contribution in [0.5, 0.6) is 0 Å². The number of hydrogen-bond acceptors (Lipinski definition) is 3. The molecule has 0 atom stereocenters. The van der Waals surface area contributed by atoms with Crippen molar-refractivity contribution in [2.45, 2.75) is 0 Å². The Labute approximate surface area is 302 Å². The van der Waals surface area contributed by atoms with Crippen LogP contribution in [0.4, 0.5) is 0 Å². The molecule has 162 valence electrons. The van der Waals surface area contributed by atoms with Crippen LogP contribution in [0.25, 0.3) is 45.9 Å². The van der Waals surface area contributed by atoms with Gasteiger partial charge in [0.25, 0.3) is 0 Å². The van der Waals surface area contributed by atoms with Crippen molar-refractivity contribution < 1.29 is 9.90 Å². The van der Waals surface area contributed by atoms with Gasteiger partial charge >= 0.3 is 5.97 Å². The summed E-state index contributed by atoms with van der Waals surface area (Å²) in [5, 5.41) is 9.23. The number of carboxylic acids is 1. The van der Waals surface area contributed by atoms with E-state index < -0.39 is 5.97 Å². The van der Waals surface area contributed by atoms with E-state index in [1.165, 1.54) is 0 Å². The predicted octanol–water partition coefficient (Wildman–Crippen LogP) is 4.25. The summed E-state index contributed by atoms with van der Waals surface area (Å²) in [6, 6.07) is 22.9. The zero-order chi connectivity index (χ0) is 22.4.